The van der Waals surface area contributed by atoms with E-state index in [1.54, 1.807) is 0 Å². The van der Waals surface area contributed by atoms with Crippen LogP contribution in [0.2, 0.25) is 0 Å². The van der Waals surface area contributed by atoms with E-state index in [1.165, 1.54) is 0 Å². The molecule has 5 nitrogen and oxygen atoms in total. The van der Waals surface area contributed by atoms with Crippen LogP contribution in [0, 0.1) is 0 Å². The van der Waals surface area contributed by atoms with Gasteiger partial charge in [0.05, 0.1) is 18.7 Å². The Labute approximate surface area is 115 Å². The van der Waals surface area contributed by atoms with Gasteiger partial charge in [-0.1, -0.05) is 36.4 Å². The molecule has 0 radical (unpaired) electrons. The molecule has 3 rings (SSSR count). The predicted molar refractivity (Wildman–Crippen MR) is 75.5 cm³/mol. The first kappa shape index (κ1) is 12.5. The number of fused-ring (bicyclic) bond motifs is 1. The number of rotatable bonds is 2. The van der Waals surface area contributed by atoms with E-state index in [9.17, 15) is 9.59 Å². The Bertz CT molecular complexity index is 664. The number of carbonyl (C=O) groups is 2. The molecule has 1 atom stereocenters. The normalized spacial score (nSPS) is 17.8. The lowest BCUT2D eigenvalue weighted by molar-refractivity contribution is -0.119. The Balaban J connectivity index is 1.73. The number of hydrogen-bond donors (Lipinski definition) is 2. The second-order valence-electron chi connectivity index (χ2n) is 4.69. The average molecular weight is 270 g/mol. The number of hydrogen-bond acceptors (Lipinski definition) is 3. The molecule has 1 heterocycles. The van der Waals surface area contributed by atoms with Gasteiger partial charge in [-0.15, -0.1) is 0 Å². The largest absolute Gasteiger partial charge is 0.444 e. The topological polar surface area (TPSA) is 67.4 Å². The maximum Gasteiger partial charge on any atom is 0.411 e. The SMILES string of the molecule is O=C1CC(OC(=O)Nc2cccc3ccccc23)CN1. The standard InChI is InChI=1S/C15H14N2O3/c18-14-8-11(9-16-14)20-15(19)17-13-7-3-5-10-4-1-2-6-12(10)13/h1-7,11H,8-9H2,(H,16,18)(H,17,19). The minimum Gasteiger partial charge on any atom is -0.444 e. The third-order valence-electron chi connectivity index (χ3n) is 3.24. The molecule has 2 N–H and O–H groups in total. The summed E-state index contributed by atoms with van der Waals surface area (Å²) in [6.07, 6.45) is -0.705. The first-order chi connectivity index (χ1) is 9.72. The Kier molecular flexibility index (Phi) is 3.25. The van der Waals surface area contributed by atoms with Gasteiger partial charge in [0, 0.05) is 5.39 Å². The highest BCUT2D eigenvalue weighted by molar-refractivity contribution is 6.00. The Hall–Kier alpha value is -2.56. The van der Waals surface area contributed by atoms with Crippen molar-refractivity contribution < 1.29 is 14.3 Å². The molecular weight excluding hydrogens is 256 g/mol. The Morgan fingerprint density at radius 3 is 2.80 bits per heavy atom. The van der Waals surface area contributed by atoms with Crippen LogP contribution in [0.5, 0.6) is 0 Å². The van der Waals surface area contributed by atoms with Crippen molar-refractivity contribution in [3.05, 3.63) is 42.5 Å². The van der Waals surface area contributed by atoms with Crippen molar-refractivity contribution in [2.75, 3.05) is 11.9 Å². The summed E-state index contributed by atoms with van der Waals surface area (Å²) in [5, 5.41) is 7.35. The summed E-state index contributed by atoms with van der Waals surface area (Å²) in [5.41, 5.74) is 0.699. The first-order valence-corrected chi connectivity index (χ1v) is 6.44. The lowest BCUT2D eigenvalue weighted by atomic mass is 10.1. The minimum atomic E-state index is -0.539. The van der Waals surface area contributed by atoms with Gasteiger partial charge in [-0.05, 0) is 11.5 Å². The number of ether oxygens (including phenoxy) is 1. The van der Waals surface area contributed by atoms with Crippen molar-refractivity contribution in [1.29, 1.82) is 0 Å². The zero-order valence-corrected chi connectivity index (χ0v) is 10.8. The molecule has 1 aliphatic heterocycles. The molecule has 20 heavy (non-hydrogen) atoms. The Morgan fingerprint density at radius 1 is 1.20 bits per heavy atom. The minimum absolute atomic E-state index is 0.0899. The first-order valence-electron chi connectivity index (χ1n) is 6.44. The second kappa shape index (κ2) is 5.21. The molecule has 102 valence electrons. The van der Waals surface area contributed by atoms with Gasteiger partial charge in [-0.25, -0.2) is 4.79 Å². The van der Waals surface area contributed by atoms with Crippen LogP contribution >= 0.6 is 0 Å². The van der Waals surface area contributed by atoms with Gasteiger partial charge >= 0.3 is 6.09 Å². The van der Waals surface area contributed by atoms with Crippen molar-refractivity contribution in [2.24, 2.45) is 0 Å². The third-order valence-corrected chi connectivity index (χ3v) is 3.24. The molecule has 0 bridgehead atoms. The van der Waals surface area contributed by atoms with Crippen LogP contribution in [-0.4, -0.2) is 24.6 Å². The van der Waals surface area contributed by atoms with Crippen molar-refractivity contribution in [1.82, 2.24) is 5.32 Å². The molecule has 0 aromatic heterocycles. The van der Waals surface area contributed by atoms with E-state index in [2.05, 4.69) is 10.6 Å². The molecule has 5 heteroatoms. The van der Waals surface area contributed by atoms with Gasteiger partial charge in [-0.2, -0.15) is 0 Å². The molecule has 2 aromatic rings. The van der Waals surface area contributed by atoms with Crippen LogP contribution in [0.25, 0.3) is 10.8 Å². The molecule has 1 saturated heterocycles. The second-order valence-corrected chi connectivity index (χ2v) is 4.69. The van der Waals surface area contributed by atoms with Crippen LogP contribution in [-0.2, 0) is 9.53 Å². The molecule has 0 spiro atoms. The molecule has 1 aliphatic rings. The fourth-order valence-corrected chi connectivity index (χ4v) is 2.29. The molecule has 0 saturated carbocycles. The van der Waals surface area contributed by atoms with E-state index in [-0.39, 0.29) is 12.3 Å². The summed E-state index contributed by atoms with van der Waals surface area (Å²) < 4.78 is 5.20. The lowest BCUT2D eigenvalue weighted by Gasteiger charge is -2.12. The van der Waals surface area contributed by atoms with Gasteiger partial charge in [-0.3, -0.25) is 10.1 Å². The zero-order chi connectivity index (χ0) is 13.9. The van der Waals surface area contributed by atoms with Crippen molar-refractivity contribution in [3.8, 4) is 0 Å². The predicted octanol–water partition coefficient (Wildman–Crippen LogP) is 2.28. The van der Waals surface area contributed by atoms with Gasteiger partial charge in [0.2, 0.25) is 5.91 Å². The van der Waals surface area contributed by atoms with Crippen LogP contribution in [0.3, 0.4) is 0 Å². The van der Waals surface area contributed by atoms with E-state index < -0.39 is 12.2 Å². The summed E-state index contributed by atoms with van der Waals surface area (Å²) in [6, 6.07) is 13.4. The highest BCUT2D eigenvalue weighted by Gasteiger charge is 2.24. The average Bonchev–Trinajstić information content (AvgIpc) is 2.84. The summed E-state index contributed by atoms with van der Waals surface area (Å²) >= 11 is 0. The molecule has 2 aromatic carbocycles. The van der Waals surface area contributed by atoms with Crippen LogP contribution in [0.1, 0.15) is 6.42 Å². The number of amides is 2. The van der Waals surface area contributed by atoms with E-state index in [0.29, 0.717) is 12.2 Å². The zero-order valence-electron chi connectivity index (χ0n) is 10.8. The highest BCUT2D eigenvalue weighted by atomic mass is 16.6. The van der Waals surface area contributed by atoms with E-state index >= 15 is 0 Å². The maximum absolute atomic E-state index is 11.8. The summed E-state index contributed by atoms with van der Waals surface area (Å²) in [5.74, 6) is -0.0899. The quantitative estimate of drug-likeness (QED) is 0.879. The van der Waals surface area contributed by atoms with Crippen molar-refractivity contribution in [3.63, 3.8) is 0 Å². The monoisotopic (exact) mass is 270 g/mol. The molecule has 0 aliphatic carbocycles. The van der Waals surface area contributed by atoms with Gasteiger partial charge in [0.25, 0.3) is 0 Å². The van der Waals surface area contributed by atoms with Crippen LogP contribution in [0.4, 0.5) is 10.5 Å². The number of carbonyl (C=O) groups excluding carboxylic acids is 2. The molecule has 1 unspecified atom stereocenters. The fourth-order valence-electron chi connectivity index (χ4n) is 2.29. The van der Waals surface area contributed by atoms with Gasteiger partial charge in [0.15, 0.2) is 0 Å². The van der Waals surface area contributed by atoms with E-state index in [0.717, 1.165) is 10.8 Å². The third kappa shape index (κ3) is 2.56. The fraction of sp³-hybridized carbons (Fsp3) is 0.200. The van der Waals surface area contributed by atoms with Gasteiger partial charge in [0.1, 0.15) is 6.10 Å². The van der Waals surface area contributed by atoms with Crippen LogP contribution in [0.15, 0.2) is 42.5 Å². The van der Waals surface area contributed by atoms with Crippen LogP contribution < -0.4 is 10.6 Å². The molecular formula is C15H14N2O3. The number of nitrogens with one attached hydrogen (secondary N) is 2. The van der Waals surface area contributed by atoms with E-state index in [1.807, 2.05) is 42.5 Å². The smallest absolute Gasteiger partial charge is 0.411 e. The lowest BCUT2D eigenvalue weighted by Crippen LogP contribution is -2.24. The summed E-state index contributed by atoms with van der Waals surface area (Å²) in [4.78, 5) is 22.9. The number of benzene rings is 2. The summed E-state index contributed by atoms with van der Waals surface area (Å²) in [7, 11) is 0. The Morgan fingerprint density at radius 2 is 2.00 bits per heavy atom. The van der Waals surface area contributed by atoms with Crippen molar-refractivity contribution in [2.45, 2.75) is 12.5 Å². The summed E-state index contributed by atoms with van der Waals surface area (Å²) in [6.45, 7) is 0.377. The van der Waals surface area contributed by atoms with Crippen molar-refractivity contribution >= 4 is 28.5 Å². The van der Waals surface area contributed by atoms with Gasteiger partial charge < -0.3 is 10.1 Å². The highest BCUT2D eigenvalue weighted by Crippen LogP contribution is 2.23. The maximum atomic E-state index is 11.8. The molecule has 2 amide bonds. The number of anilines is 1. The van der Waals surface area contributed by atoms with E-state index in [4.69, 9.17) is 4.74 Å². The molecule has 1 fully saturated rings.